The minimum atomic E-state index is -2.85. The molecule has 224 valence electrons. The maximum absolute atomic E-state index is 12.7. The lowest BCUT2D eigenvalue weighted by Crippen LogP contribution is -2.69. The first-order valence-corrected chi connectivity index (χ1v) is 17.4. The summed E-state index contributed by atoms with van der Waals surface area (Å²) < 4.78 is 21.2. The van der Waals surface area contributed by atoms with E-state index in [1.165, 1.54) is 22.9 Å². The summed E-state index contributed by atoms with van der Waals surface area (Å²) in [5.41, 5.74) is 1.29. The minimum Gasteiger partial charge on any atom is -0.455 e. The van der Waals surface area contributed by atoms with Crippen molar-refractivity contribution in [2.75, 3.05) is 0 Å². The molecule has 5 rings (SSSR count). The van der Waals surface area contributed by atoms with Gasteiger partial charge in [0, 0.05) is 24.7 Å². The van der Waals surface area contributed by atoms with Crippen LogP contribution in [0.2, 0.25) is 5.04 Å². The van der Waals surface area contributed by atoms with E-state index in [4.69, 9.17) is 13.9 Å². The lowest BCUT2D eigenvalue weighted by molar-refractivity contribution is -0.160. The first-order valence-electron chi connectivity index (χ1n) is 15.5. The summed E-state index contributed by atoms with van der Waals surface area (Å²) in [6.07, 6.45) is 7.74. The zero-order chi connectivity index (χ0) is 30.3. The lowest BCUT2D eigenvalue weighted by atomic mass is 9.60. The topological polar surface area (TPSA) is 44.8 Å². The van der Waals surface area contributed by atoms with Crippen LogP contribution in [0.25, 0.3) is 0 Å². The average Bonchev–Trinajstić information content (AvgIpc) is 3.45. The van der Waals surface area contributed by atoms with Crippen LogP contribution < -0.4 is 10.4 Å². The smallest absolute Gasteiger partial charge is 0.303 e. The molecular weight excluding hydrogens is 536 g/mol. The Kier molecular flexibility index (Phi) is 8.34. The normalized spacial score (nSPS) is 27.9. The molecule has 2 fully saturated rings. The Labute approximate surface area is 254 Å². The van der Waals surface area contributed by atoms with E-state index in [0.29, 0.717) is 6.42 Å². The van der Waals surface area contributed by atoms with E-state index < -0.39 is 20.0 Å². The number of allylic oxidation sites excluding steroid dienone is 2. The van der Waals surface area contributed by atoms with Gasteiger partial charge in [0.1, 0.15) is 5.60 Å². The van der Waals surface area contributed by atoms with Crippen molar-refractivity contribution in [2.45, 2.75) is 103 Å². The molecule has 0 spiro atoms. The van der Waals surface area contributed by atoms with E-state index in [0.717, 1.165) is 31.3 Å². The molecule has 0 aromatic heterocycles. The third-order valence-electron chi connectivity index (χ3n) is 10.1. The SMILES string of the molecule is C=CC1=C([C@H](OC(C)=O)[C@@]23C[C@H](O[Si](c4ccccc4)(c4ccccc4)C(C)(C)C)[C@H](O2)C(C)(C)[C@@H]3C=C)CCCC1. The summed E-state index contributed by atoms with van der Waals surface area (Å²) in [5.74, 6) is -0.307. The van der Waals surface area contributed by atoms with Gasteiger partial charge in [0.2, 0.25) is 0 Å². The van der Waals surface area contributed by atoms with E-state index >= 15 is 0 Å². The van der Waals surface area contributed by atoms with Crippen molar-refractivity contribution >= 4 is 24.7 Å². The second kappa shape index (κ2) is 11.4. The maximum atomic E-state index is 12.7. The first-order chi connectivity index (χ1) is 19.9. The fraction of sp³-hybridized carbons (Fsp3) is 0.486. The Morgan fingerprint density at radius 3 is 2.07 bits per heavy atom. The minimum absolute atomic E-state index is 0.0150. The molecule has 0 unspecified atom stereocenters. The third kappa shape index (κ3) is 4.88. The van der Waals surface area contributed by atoms with Crippen molar-refractivity contribution < 1.29 is 18.7 Å². The number of hydrogen-bond donors (Lipinski definition) is 0. The van der Waals surface area contributed by atoms with Gasteiger partial charge < -0.3 is 13.9 Å². The largest absolute Gasteiger partial charge is 0.455 e. The van der Waals surface area contributed by atoms with Gasteiger partial charge >= 0.3 is 5.97 Å². The molecule has 0 amide bonds. The zero-order valence-electron chi connectivity index (χ0n) is 26.3. The highest BCUT2D eigenvalue weighted by Gasteiger charge is 2.71. The van der Waals surface area contributed by atoms with Crippen LogP contribution in [0.4, 0.5) is 0 Å². The van der Waals surface area contributed by atoms with Crippen LogP contribution >= 0.6 is 0 Å². The van der Waals surface area contributed by atoms with Crippen LogP contribution in [0.5, 0.6) is 0 Å². The number of rotatable bonds is 9. The van der Waals surface area contributed by atoms with Gasteiger partial charge in [-0.2, -0.15) is 0 Å². The van der Waals surface area contributed by atoms with E-state index in [1.807, 2.05) is 12.2 Å². The van der Waals surface area contributed by atoms with Gasteiger partial charge in [0.15, 0.2) is 6.10 Å². The molecule has 2 aliphatic heterocycles. The van der Waals surface area contributed by atoms with Crippen LogP contribution in [0.3, 0.4) is 0 Å². The Morgan fingerprint density at radius 1 is 1.00 bits per heavy atom. The molecule has 42 heavy (non-hydrogen) atoms. The predicted octanol–water partition coefficient (Wildman–Crippen LogP) is 7.29. The fourth-order valence-corrected chi connectivity index (χ4v) is 13.1. The van der Waals surface area contributed by atoms with Crippen molar-refractivity contribution in [3.63, 3.8) is 0 Å². The molecule has 5 atom stereocenters. The van der Waals surface area contributed by atoms with Gasteiger partial charge in [-0.15, -0.1) is 6.58 Å². The van der Waals surface area contributed by atoms with Gasteiger partial charge in [-0.1, -0.05) is 114 Å². The molecule has 1 aliphatic carbocycles. The maximum Gasteiger partial charge on any atom is 0.303 e. The van der Waals surface area contributed by atoms with Gasteiger partial charge in [-0.05, 0) is 52.2 Å². The molecule has 4 nitrogen and oxygen atoms in total. The number of carbonyl (C=O) groups is 1. The summed E-state index contributed by atoms with van der Waals surface area (Å²) >= 11 is 0. The van der Waals surface area contributed by atoms with Crippen LogP contribution in [0.1, 0.15) is 73.6 Å². The zero-order valence-corrected chi connectivity index (χ0v) is 27.3. The summed E-state index contributed by atoms with van der Waals surface area (Å²) in [6.45, 7) is 21.4. The number of hydrogen-bond acceptors (Lipinski definition) is 4. The molecule has 2 heterocycles. The molecule has 0 saturated carbocycles. The standard InChI is InChI=1S/C37H48O4Si/c1-9-27-19-17-18-24-30(27)33(39-26(3)38)37-25-31(34(40-37)36(7,8)32(37)10-2)41-42(35(4,5)6,28-20-13-11-14-21-28)29-22-15-12-16-23-29/h9-16,20-23,31-34H,1-2,17-19,24-25H2,3-8H3/t31-,32-,33-,34-,37-/m0/s1. The highest BCUT2D eigenvalue weighted by Crippen LogP contribution is 2.63. The Balaban J connectivity index is 1.68. The predicted molar refractivity (Wildman–Crippen MR) is 173 cm³/mol. The summed E-state index contributed by atoms with van der Waals surface area (Å²) in [4.78, 5) is 12.7. The molecule has 3 aliphatic rings. The van der Waals surface area contributed by atoms with Gasteiger partial charge in [0.25, 0.3) is 8.32 Å². The highest BCUT2D eigenvalue weighted by atomic mass is 28.4. The van der Waals surface area contributed by atoms with Crippen LogP contribution in [0, 0.1) is 11.3 Å². The van der Waals surface area contributed by atoms with Crippen LogP contribution in [0.15, 0.2) is 97.1 Å². The molecule has 2 aromatic rings. The molecule has 5 heteroatoms. The number of esters is 1. The van der Waals surface area contributed by atoms with E-state index in [9.17, 15) is 4.79 Å². The second-order valence-electron chi connectivity index (χ2n) is 14.0. The Bertz CT molecular complexity index is 1300. The van der Waals surface area contributed by atoms with Gasteiger partial charge in [0.05, 0.1) is 12.2 Å². The monoisotopic (exact) mass is 584 g/mol. The van der Waals surface area contributed by atoms with Crippen molar-refractivity contribution in [3.8, 4) is 0 Å². The molecule has 2 aromatic carbocycles. The number of ether oxygens (including phenoxy) is 2. The van der Waals surface area contributed by atoms with E-state index in [-0.39, 0.29) is 34.5 Å². The van der Waals surface area contributed by atoms with Crippen molar-refractivity contribution in [3.05, 3.63) is 97.1 Å². The van der Waals surface area contributed by atoms with Crippen LogP contribution in [-0.4, -0.2) is 38.2 Å². The molecule has 0 radical (unpaired) electrons. The van der Waals surface area contributed by atoms with Gasteiger partial charge in [-0.25, -0.2) is 0 Å². The van der Waals surface area contributed by atoms with Crippen LogP contribution in [-0.2, 0) is 18.7 Å². The average molecular weight is 585 g/mol. The summed E-state index contributed by atoms with van der Waals surface area (Å²) in [5, 5.41) is 2.34. The van der Waals surface area contributed by atoms with E-state index in [1.54, 1.807) is 0 Å². The molecule has 2 bridgehead atoms. The summed E-state index contributed by atoms with van der Waals surface area (Å²) in [6, 6.07) is 21.6. The van der Waals surface area contributed by atoms with Gasteiger partial charge in [-0.3, -0.25) is 4.79 Å². The molecule has 2 saturated heterocycles. The third-order valence-corrected chi connectivity index (χ3v) is 15.2. The molecule has 0 N–H and O–H groups in total. The quantitative estimate of drug-likeness (QED) is 0.176. The second-order valence-corrected chi connectivity index (χ2v) is 18.3. The number of carbonyl (C=O) groups excluding carboxylic acids is 1. The van der Waals surface area contributed by atoms with Crippen molar-refractivity contribution in [2.24, 2.45) is 11.3 Å². The molecular formula is C37H48O4Si. The van der Waals surface area contributed by atoms with Crippen molar-refractivity contribution in [1.29, 1.82) is 0 Å². The number of benzene rings is 2. The first kappa shape index (κ1) is 30.7. The highest BCUT2D eigenvalue weighted by molar-refractivity contribution is 6.99. The number of fused-ring (bicyclic) bond motifs is 2. The fourth-order valence-electron chi connectivity index (χ4n) is 8.39. The summed E-state index contributed by atoms with van der Waals surface area (Å²) in [7, 11) is -2.85. The van der Waals surface area contributed by atoms with Crippen molar-refractivity contribution in [1.82, 2.24) is 0 Å². The Morgan fingerprint density at radius 2 is 1.57 bits per heavy atom. The Hall–Kier alpha value is -2.73. The lowest BCUT2D eigenvalue weighted by Gasteiger charge is -2.50. The van der Waals surface area contributed by atoms with E-state index in [2.05, 4.69) is 108 Å².